The molecular formula is C22H16Cl2N4O3. The zero-order chi connectivity index (χ0) is 22.7. The highest BCUT2D eigenvalue weighted by Gasteiger charge is 2.17. The fourth-order valence-corrected chi connectivity index (χ4v) is 3.52. The summed E-state index contributed by atoms with van der Waals surface area (Å²) < 4.78 is 1.84. The number of carbonyl (C=O) groups is 1. The zero-order valence-corrected chi connectivity index (χ0v) is 18.0. The predicted molar refractivity (Wildman–Crippen MR) is 121 cm³/mol. The molecule has 1 amide bonds. The second-order valence-electron chi connectivity index (χ2n) is 6.69. The van der Waals surface area contributed by atoms with Crippen molar-refractivity contribution in [2.75, 3.05) is 5.32 Å². The van der Waals surface area contributed by atoms with Crippen LogP contribution in [0.2, 0.25) is 10.0 Å². The molecule has 7 nitrogen and oxygen atoms in total. The molecule has 1 heterocycles. The first-order chi connectivity index (χ1) is 14.7. The van der Waals surface area contributed by atoms with E-state index < -0.39 is 10.8 Å². The molecule has 1 aromatic heterocycles. The third kappa shape index (κ3) is 4.77. The summed E-state index contributed by atoms with van der Waals surface area (Å²) in [5, 5.41) is 23.7. The molecular weight excluding hydrogens is 439 g/mol. The topological polar surface area (TPSA) is 101 Å². The second kappa shape index (κ2) is 9.04. The molecule has 0 aliphatic heterocycles. The second-order valence-corrected chi connectivity index (χ2v) is 7.53. The van der Waals surface area contributed by atoms with Crippen molar-refractivity contribution < 1.29 is 9.72 Å². The highest BCUT2D eigenvalue weighted by atomic mass is 35.5. The molecule has 3 rings (SSSR count). The number of rotatable bonds is 5. The van der Waals surface area contributed by atoms with Gasteiger partial charge in [-0.1, -0.05) is 23.2 Å². The molecule has 31 heavy (non-hydrogen) atoms. The van der Waals surface area contributed by atoms with Crippen LogP contribution in [0.4, 0.5) is 11.4 Å². The lowest BCUT2D eigenvalue weighted by Gasteiger charge is -2.10. The van der Waals surface area contributed by atoms with Crippen LogP contribution in [-0.4, -0.2) is 15.4 Å². The van der Waals surface area contributed by atoms with E-state index >= 15 is 0 Å². The van der Waals surface area contributed by atoms with Gasteiger partial charge in [-0.15, -0.1) is 0 Å². The third-order valence-corrected chi connectivity index (χ3v) is 5.18. The number of nitrogens with zero attached hydrogens (tertiary/aromatic N) is 3. The standard InChI is InChI=1S/C22H16Cl2N4O3/c1-13-9-15(10-16(12-25)22(29)26-18-5-3-17(23)4-6-18)14(2)27(13)19-7-8-21(28(30)31)20(24)11-19/h3-11H,1-2H3,(H,26,29)/b16-10-. The van der Waals surface area contributed by atoms with Crippen molar-refractivity contribution in [3.8, 4) is 11.8 Å². The van der Waals surface area contributed by atoms with Crippen LogP contribution in [0.25, 0.3) is 11.8 Å². The van der Waals surface area contributed by atoms with Crippen molar-refractivity contribution in [1.82, 2.24) is 4.57 Å². The molecule has 156 valence electrons. The number of nitro groups is 1. The zero-order valence-electron chi connectivity index (χ0n) is 16.5. The monoisotopic (exact) mass is 454 g/mol. The van der Waals surface area contributed by atoms with E-state index in [0.29, 0.717) is 22.0 Å². The predicted octanol–water partition coefficient (Wildman–Crippen LogP) is 5.85. The van der Waals surface area contributed by atoms with E-state index in [1.807, 2.05) is 30.6 Å². The minimum atomic E-state index is -0.548. The minimum Gasteiger partial charge on any atom is -0.321 e. The third-order valence-electron chi connectivity index (χ3n) is 4.62. The first kappa shape index (κ1) is 22.1. The minimum absolute atomic E-state index is 0.0205. The van der Waals surface area contributed by atoms with E-state index in [0.717, 1.165) is 11.4 Å². The van der Waals surface area contributed by atoms with Gasteiger partial charge in [-0.25, -0.2) is 0 Å². The van der Waals surface area contributed by atoms with Gasteiger partial charge in [0.1, 0.15) is 16.7 Å². The van der Waals surface area contributed by atoms with E-state index in [-0.39, 0.29) is 16.3 Å². The Labute approximate surface area is 188 Å². The molecule has 1 N–H and O–H groups in total. The van der Waals surface area contributed by atoms with Gasteiger partial charge >= 0.3 is 0 Å². The summed E-state index contributed by atoms with van der Waals surface area (Å²) >= 11 is 11.9. The Balaban J connectivity index is 1.94. The Bertz CT molecular complexity index is 1250. The Morgan fingerprint density at radius 1 is 1.16 bits per heavy atom. The molecule has 0 atom stereocenters. The number of amides is 1. The molecule has 3 aromatic rings. The van der Waals surface area contributed by atoms with Crippen LogP contribution in [0.1, 0.15) is 17.0 Å². The highest BCUT2D eigenvalue weighted by molar-refractivity contribution is 6.32. The lowest BCUT2D eigenvalue weighted by Crippen LogP contribution is -2.13. The molecule has 9 heteroatoms. The lowest BCUT2D eigenvalue weighted by atomic mass is 10.1. The normalized spacial score (nSPS) is 11.1. The molecule has 0 aliphatic carbocycles. The summed E-state index contributed by atoms with van der Waals surface area (Å²) in [7, 11) is 0. The van der Waals surface area contributed by atoms with Crippen molar-refractivity contribution in [1.29, 1.82) is 5.26 Å². The van der Waals surface area contributed by atoms with Crippen molar-refractivity contribution in [3.63, 3.8) is 0 Å². The average molecular weight is 455 g/mol. The number of anilines is 1. The van der Waals surface area contributed by atoms with Gasteiger partial charge in [0.15, 0.2) is 0 Å². The SMILES string of the molecule is Cc1cc(/C=C(/C#N)C(=O)Nc2ccc(Cl)cc2)c(C)n1-c1ccc([N+](=O)[O-])c(Cl)c1. The molecule has 2 aromatic carbocycles. The van der Waals surface area contributed by atoms with Crippen molar-refractivity contribution in [2.45, 2.75) is 13.8 Å². The van der Waals surface area contributed by atoms with Gasteiger partial charge in [-0.05, 0) is 68.0 Å². The number of aromatic nitrogens is 1. The molecule has 0 spiro atoms. The highest BCUT2D eigenvalue weighted by Crippen LogP contribution is 2.29. The van der Waals surface area contributed by atoms with Crippen LogP contribution in [0.5, 0.6) is 0 Å². The molecule has 0 fully saturated rings. The van der Waals surface area contributed by atoms with Gasteiger partial charge in [0.05, 0.1) is 4.92 Å². The number of nitro benzene ring substituents is 1. The van der Waals surface area contributed by atoms with E-state index in [1.165, 1.54) is 18.2 Å². The largest absolute Gasteiger partial charge is 0.321 e. The van der Waals surface area contributed by atoms with E-state index in [4.69, 9.17) is 23.2 Å². The maximum atomic E-state index is 12.5. The Morgan fingerprint density at radius 3 is 2.42 bits per heavy atom. The number of benzene rings is 2. The first-order valence-electron chi connectivity index (χ1n) is 9.03. The number of nitriles is 1. The van der Waals surface area contributed by atoms with Gasteiger partial charge < -0.3 is 9.88 Å². The molecule has 0 bridgehead atoms. The lowest BCUT2D eigenvalue weighted by molar-refractivity contribution is -0.384. The Morgan fingerprint density at radius 2 is 1.84 bits per heavy atom. The van der Waals surface area contributed by atoms with Crippen molar-refractivity contribution in [3.05, 3.63) is 91.2 Å². The first-order valence-corrected chi connectivity index (χ1v) is 9.79. The fourth-order valence-electron chi connectivity index (χ4n) is 3.15. The summed E-state index contributed by atoms with van der Waals surface area (Å²) in [5.41, 5.74) is 3.11. The van der Waals surface area contributed by atoms with Crippen LogP contribution < -0.4 is 5.32 Å². The summed E-state index contributed by atoms with van der Waals surface area (Å²) in [6.07, 6.45) is 1.50. The Hall–Kier alpha value is -3.60. The summed E-state index contributed by atoms with van der Waals surface area (Å²) in [6, 6.07) is 14.7. The number of carbonyl (C=O) groups excluding carboxylic acids is 1. The maximum Gasteiger partial charge on any atom is 0.288 e. The number of hydrogen-bond donors (Lipinski definition) is 1. The van der Waals surface area contributed by atoms with Gasteiger partial charge in [0.2, 0.25) is 0 Å². The molecule has 0 saturated heterocycles. The van der Waals surface area contributed by atoms with Crippen LogP contribution in [0, 0.1) is 35.3 Å². The van der Waals surface area contributed by atoms with E-state index in [2.05, 4.69) is 5.32 Å². The van der Waals surface area contributed by atoms with E-state index in [1.54, 1.807) is 30.3 Å². The van der Waals surface area contributed by atoms with Crippen LogP contribution >= 0.6 is 23.2 Å². The number of nitrogens with one attached hydrogen (secondary N) is 1. The van der Waals surface area contributed by atoms with Crippen LogP contribution in [0.15, 0.2) is 54.1 Å². The fraction of sp³-hybridized carbons (Fsp3) is 0.0909. The molecule has 0 radical (unpaired) electrons. The van der Waals surface area contributed by atoms with Crippen LogP contribution in [0.3, 0.4) is 0 Å². The molecule has 0 aliphatic rings. The van der Waals surface area contributed by atoms with Gasteiger partial charge in [0, 0.05) is 33.9 Å². The number of hydrogen-bond acceptors (Lipinski definition) is 4. The van der Waals surface area contributed by atoms with Gasteiger partial charge in [-0.3, -0.25) is 14.9 Å². The van der Waals surface area contributed by atoms with Gasteiger partial charge in [-0.2, -0.15) is 5.26 Å². The summed E-state index contributed by atoms with van der Waals surface area (Å²) in [5.74, 6) is -0.548. The molecule has 0 unspecified atom stereocenters. The Kier molecular flexibility index (Phi) is 6.44. The summed E-state index contributed by atoms with van der Waals surface area (Å²) in [6.45, 7) is 3.67. The van der Waals surface area contributed by atoms with Gasteiger partial charge in [0.25, 0.3) is 11.6 Å². The van der Waals surface area contributed by atoms with Crippen molar-refractivity contribution >= 4 is 46.6 Å². The maximum absolute atomic E-state index is 12.5. The molecule has 0 saturated carbocycles. The number of aryl methyl sites for hydroxylation is 1. The van der Waals surface area contributed by atoms with Crippen molar-refractivity contribution in [2.24, 2.45) is 0 Å². The quantitative estimate of drug-likeness (QED) is 0.226. The van der Waals surface area contributed by atoms with E-state index in [9.17, 15) is 20.2 Å². The average Bonchev–Trinajstić information content (AvgIpc) is 3.00. The van der Waals surface area contributed by atoms with Crippen LogP contribution in [-0.2, 0) is 4.79 Å². The smallest absolute Gasteiger partial charge is 0.288 e. The summed E-state index contributed by atoms with van der Waals surface area (Å²) in [4.78, 5) is 23.0. The number of halogens is 2.